The van der Waals surface area contributed by atoms with Gasteiger partial charge < -0.3 is 9.80 Å². The summed E-state index contributed by atoms with van der Waals surface area (Å²) in [6.07, 6.45) is 5.30. The van der Waals surface area contributed by atoms with E-state index in [4.69, 9.17) is 0 Å². The molecule has 0 bridgehead atoms. The molecule has 0 aromatic heterocycles. The second-order valence-corrected chi connectivity index (χ2v) is 18.3. The molecule has 310 valence electrons. The van der Waals surface area contributed by atoms with Crippen molar-refractivity contribution >= 4 is 77.2 Å². The maximum atomic E-state index is 2.54. The lowest BCUT2D eigenvalue weighted by atomic mass is 9.77. The molecule has 0 radical (unpaired) electrons. The maximum absolute atomic E-state index is 2.54. The molecule has 0 amide bonds. The van der Waals surface area contributed by atoms with Crippen molar-refractivity contribution in [3.05, 3.63) is 263 Å². The number of benzene rings is 11. The predicted molar refractivity (Wildman–Crippen MR) is 278 cm³/mol. The Morgan fingerprint density at radius 2 is 0.788 bits per heavy atom. The highest BCUT2D eigenvalue weighted by molar-refractivity contribution is 6.25. The third-order valence-electron chi connectivity index (χ3n) is 14.8. The van der Waals surface area contributed by atoms with Crippen molar-refractivity contribution in [2.75, 3.05) is 9.80 Å². The van der Waals surface area contributed by atoms with E-state index in [9.17, 15) is 0 Å². The van der Waals surface area contributed by atoms with Crippen LogP contribution in [0.5, 0.6) is 0 Å². The van der Waals surface area contributed by atoms with Crippen molar-refractivity contribution in [1.29, 1.82) is 0 Å². The minimum Gasteiger partial charge on any atom is -0.310 e. The summed E-state index contributed by atoms with van der Waals surface area (Å²) in [4.78, 5) is 5.01. The van der Waals surface area contributed by atoms with Crippen molar-refractivity contribution in [2.45, 2.75) is 25.2 Å². The lowest BCUT2D eigenvalue weighted by Crippen LogP contribution is -2.25. The van der Waals surface area contributed by atoms with Crippen LogP contribution in [0.1, 0.15) is 51.3 Å². The largest absolute Gasteiger partial charge is 0.310 e. The Labute approximate surface area is 385 Å². The van der Waals surface area contributed by atoms with Crippen LogP contribution < -0.4 is 9.80 Å². The van der Waals surface area contributed by atoms with Gasteiger partial charge in [0, 0.05) is 58.2 Å². The van der Waals surface area contributed by atoms with E-state index < -0.39 is 0 Å². The Hall–Kier alpha value is -8.20. The van der Waals surface area contributed by atoms with Gasteiger partial charge in [0.15, 0.2) is 0 Å². The van der Waals surface area contributed by atoms with Gasteiger partial charge >= 0.3 is 0 Å². The summed E-state index contributed by atoms with van der Waals surface area (Å²) in [7, 11) is 0. The number of fused-ring (bicyclic) bond motifs is 11. The van der Waals surface area contributed by atoms with E-state index in [0.29, 0.717) is 0 Å². The van der Waals surface area contributed by atoms with Crippen LogP contribution in [-0.2, 0) is 12.8 Å². The Morgan fingerprint density at radius 3 is 1.41 bits per heavy atom. The van der Waals surface area contributed by atoms with Crippen molar-refractivity contribution in [3.8, 4) is 11.1 Å². The fourth-order valence-electron chi connectivity index (χ4n) is 11.9. The van der Waals surface area contributed by atoms with Crippen molar-refractivity contribution < 1.29 is 0 Å². The van der Waals surface area contributed by atoms with Crippen LogP contribution in [0.15, 0.2) is 224 Å². The zero-order valence-electron chi connectivity index (χ0n) is 36.5. The van der Waals surface area contributed by atoms with Gasteiger partial charge in [-0.3, -0.25) is 0 Å². The van der Waals surface area contributed by atoms with E-state index in [-0.39, 0.29) is 5.92 Å². The van der Waals surface area contributed by atoms with Gasteiger partial charge in [0.05, 0.1) is 5.69 Å². The first-order valence-corrected chi connectivity index (χ1v) is 23.4. The number of rotatable bonds is 4. The van der Waals surface area contributed by atoms with Gasteiger partial charge in [-0.25, -0.2) is 0 Å². The SMILES string of the molecule is C1=C(N2c3ccccc3Cc3ccccc32)c2ccccc2C(c2cc3cc(-c4ccc(N5c6ccccc6Cc6ccccc65)c5ccccc45)c4ccccc4c3c3ccccc23)C1. The smallest absolute Gasteiger partial charge is 0.0540 e. The third kappa shape index (κ3) is 5.55. The molecule has 66 heavy (non-hydrogen) atoms. The van der Waals surface area contributed by atoms with Crippen LogP contribution in [0.4, 0.5) is 28.4 Å². The highest BCUT2D eigenvalue weighted by Gasteiger charge is 2.32. The number of allylic oxidation sites excluding steroid dienone is 1. The Bertz CT molecular complexity index is 3750. The molecular weight excluding hydrogens is 797 g/mol. The number of hydrogen-bond donors (Lipinski definition) is 0. The molecule has 0 spiro atoms. The third-order valence-corrected chi connectivity index (χ3v) is 14.8. The van der Waals surface area contributed by atoms with Crippen LogP contribution >= 0.6 is 0 Å². The van der Waals surface area contributed by atoms with Gasteiger partial charge in [0.1, 0.15) is 0 Å². The van der Waals surface area contributed by atoms with Crippen molar-refractivity contribution in [1.82, 2.24) is 0 Å². The monoisotopic (exact) mass is 840 g/mol. The van der Waals surface area contributed by atoms with E-state index in [0.717, 1.165) is 19.3 Å². The zero-order chi connectivity index (χ0) is 43.3. The number of hydrogen-bond acceptors (Lipinski definition) is 2. The number of anilines is 5. The Morgan fingerprint density at radius 1 is 0.318 bits per heavy atom. The minimum absolute atomic E-state index is 0.180. The summed E-state index contributed by atoms with van der Waals surface area (Å²) in [5.41, 5.74) is 19.5. The van der Waals surface area contributed by atoms with Gasteiger partial charge in [-0.05, 0) is 131 Å². The molecule has 0 fully saturated rings. The topological polar surface area (TPSA) is 6.48 Å². The maximum Gasteiger partial charge on any atom is 0.0540 e. The molecule has 1 atom stereocenters. The normalized spacial score (nSPS) is 15.0. The molecule has 11 aromatic carbocycles. The molecule has 2 aliphatic heterocycles. The average molecular weight is 841 g/mol. The van der Waals surface area contributed by atoms with E-state index in [2.05, 4.69) is 234 Å². The van der Waals surface area contributed by atoms with Crippen LogP contribution in [0, 0.1) is 0 Å². The lowest BCUT2D eigenvalue weighted by Gasteiger charge is -2.38. The summed E-state index contributed by atoms with van der Waals surface area (Å²) in [6.45, 7) is 0. The zero-order valence-corrected chi connectivity index (χ0v) is 36.5. The quantitative estimate of drug-likeness (QED) is 0.163. The van der Waals surface area contributed by atoms with Crippen LogP contribution in [0.2, 0.25) is 0 Å². The van der Waals surface area contributed by atoms with Crippen LogP contribution in [0.3, 0.4) is 0 Å². The fourth-order valence-corrected chi connectivity index (χ4v) is 11.9. The first kappa shape index (κ1) is 37.2. The summed E-state index contributed by atoms with van der Waals surface area (Å²) >= 11 is 0. The first-order valence-electron chi connectivity index (χ1n) is 23.4. The molecule has 0 saturated carbocycles. The molecule has 11 aromatic rings. The molecule has 0 saturated heterocycles. The number of nitrogens with zero attached hydrogens (tertiary/aromatic N) is 2. The van der Waals surface area contributed by atoms with Gasteiger partial charge in [-0.1, -0.05) is 182 Å². The van der Waals surface area contributed by atoms with Crippen molar-refractivity contribution in [3.63, 3.8) is 0 Å². The van der Waals surface area contributed by atoms with E-state index >= 15 is 0 Å². The standard InChI is InChI=1S/C64H44N2/c1-13-29-58-41(17-1)37-42-18-2-14-30-59(42)65(58)62-35-33-50(46-21-5-9-25-52(46)62)56-39-45-40-57(49-24-8-12-28-55(49)64(45)54-27-11-7-23-48(54)56)51-34-36-63(53-26-10-6-22-47(51)53)66-60-31-15-3-19-43(60)38-44-20-4-16-32-61(44)66/h1-33,35-36,39-40,51H,34,37-38H2. The molecule has 3 aliphatic rings. The van der Waals surface area contributed by atoms with Gasteiger partial charge in [0.2, 0.25) is 0 Å². The first-order chi connectivity index (χ1) is 32.8. The summed E-state index contributed by atoms with van der Waals surface area (Å²) in [5, 5.41) is 10.3. The summed E-state index contributed by atoms with van der Waals surface area (Å²) in [5.74, 6) is 0.180. The minimum atomic E-state index is 0.180. The van der Waals surface area contributed by atoms with Gasteiger partial charge in [-0.15, -0.1) is 0 Å². The predicted octanol–water partition coefficient (Wildman–Crippen LogP) is 17.0. The van der Waals surface area contributed by atoms with Gasteiger partial charge in [0.25, 0.3) is 0 Å². The molecule has 0 N–H and O–H groups in total. The van der Waals surface area contributed by atoms with Crippen molar-refractivity contribution in [2.24, 2.45) is 0 Å². The van der Waals surface area contributed by atoms with E-state index in [1.807, 2.05) is 0 Å². The molecule has 1 unspecified atom stereocenters. The van der Waals surface area contributed by atoms with E-state index in [1.54, 1.807) is 0 Å². The van der Waals surface area contributed by atoms with Crippen LogP contribution in [0.25, 0.3) is 59.9 Å². The number of para-hydroxylation sites is 4. The highest BCUT2D eigenvalue weighted by atomic mass is 15.2. The van der Waals surface area contributed by atoms with E-state index in [1.165, 1.54) is 127 Å². The highest BCUT2D eigenvalue weighted by Crippen LogP contribution is 2.52. The molecule has 2 nitrogen and oxygen atoms in total. The summed E-state index contributed by atoms with van der Waals surface area (Å²) in [6, 6.07) is 81.9. The Balaban J connectivity index is 0.962. The second kappa shape index (κ2) is 14.7. The lowest BCUT2D eigenvalue weighted by molar-refractivity contribution is 0.819. The Kier molecular flexibility index (Phi) is 8.27. The van der Waals surface area contributed by atoms with Crippen LogP contribution in [-0.4, -0.2) is 0 Å². The molecule has 14 rings (SSSR count). The molecular formula is C64H44N2. The molecule has 2 heterocycles. The average Bonchev–Trinajstić information content (AvgIpc) is 3.38. The fraction of sp³-hybridized carbons (Fsp3) is 0.0625. The molecule has 2 heteroatoms. The second-order valence-electron chi connectivity index (χ2n) is 18.3. The van der Waals surface area contributed by atoms with Gasteiger partial charge in [-0.2, -0.15) is 0 Å². The summed E-state index contributed by atoms with van der Waals surface area (Å²) < 4.78 is 0. The molecule has 1 aliphatic carbocycles.